The minimum absolute atomic E-state index is 0.241. The molecule has 0 atom stereocenters. The monoisotopic (exact) mass is 243 g/mol. The van der Waals surface area contributed by atoms with Crippen LogP contribution in [0.15, 0.2) is 0 Å². The number of hydrogen-bond donors (Lipinski definition) is 1. The Labute approximate surface area is 99.5 Å². The van der Waals surface area contributed by atoms with E-state index in [1.165, 1.54) is 12.0 Å². The molecule has 0 spiro atoms. The second kappa shape index (κ2) is 5.65. The van der Waals surface area contributed by atoms with Gasteiger partial charge in [-0.25, -0.2) is 4.79 Å². The van der Waals surface area contributed by atoms with Gasteiger partial charge in [0.25, 0.3) is 0 Å². The lowest BCUT2D eigenvalue weighted by molar-refractivity contribution is -0.152. The quantitative estimate of drug-likeness (QED) is 0.741. The Kier molecular flexibility index (Phi) is 4.48. The summed E-state index contributed by atoms with van der Waals surface area (Å²) < 4.78 is 4.58. The van der Waals surface area contributed by atoms with Gasteiger partial charge in [0.1, 0.15) is 6.29 Å². The number of aliphatic carboxylic acids is 1. The van der Waals surface area contributed by atoms with Crippen LogP contribution in [-0.2, 0) is 14.3 Å². The first-order valence-corrected chi connectivity index (χ1v) is 5.55. The Bertz CT molecular complexity index is 307. The summed E-state index contributed by atoms with van der Waals surface area (Å²) >= 11 is 0. The van der Waals surface area contributed by atoms with Crippen molar-refractivity contribution < 1.29 is 24.2 Å². The largest absolute Gasteiger partial charge is 0.481 e. The molecule has 1 fully saturated rings. The molecule has 17 heavy (non-hydrogen) atoms. The molecule has 0 saturated carbocycles. The zero-order valence-electron chi connectivity index (χ0n) is 9.85. The van der Waals surface area contributed by atoms with E-state index in [9.17, 15) is 19.5 Å². The van der Waals surface area contributed by atoms with Crippen molar-refractivity contribution in [3.05, 3.63) is 0 Å². The number of aldehydes is 1. The Hall–Kier alpha value is -1.59. The van der Waals surface area contributed by atoms with Crippen LogP contribution in [0.4, 0.5) is 4.79 Å². The molecule has 0 aromatic rings. The van der Waals surface area contributed by atoms with Crippen LogP contribution in [0.25, 0.3) is 0 Å². The van der Waals surface area contributed by atoms with Crippen molar-refractivity contribution in [3.63, 3.8) is 0 Å². The fourth-order valence-electron chi connectivity index (χ4n) is 2.15. The van der Waals surface area contributed by atoms with Crippen molar-refractivity contribution in [1.29, 1.82) is 0 Å². The van der Waals surface area contributed by atoms with E-state index in [2.05, 4.69) is 4.74 Å². The van der Waals surface area contributed by atoms with Crippen LogP contribution in [-0.4, -0.2) is 48.6 Å². The average molecular weight is 243 g/mol. The molecular weight excluding hydrogens is 226 g/mol. The second-order valence-electron chi connectivity index (χ2n) is 4.25. The van der Waals surface area contributed by atoms with Gasteiger partial charge in [-0.15, -0.1) is 0 Å². The summed E-state index contributed by atoms with van der Waals surface area (Å²) in [5.41, 5.74) is -0.870. The first kappa shape index (κ1) is 13.5. The minimum atomic E-state index is -0.885. The fraction of sp³-hybridized carbons (Fsp3) is 0.727. The molecular formula is C11H17NO5. The topological polar surface area (TPSA) is 83.9 Å². The summed E-state index contributed by atoms with van der Waals surface area (Å²) in [6, 6.07) is 0. The maximum Gasteiger partial charge on any atom is 0.409 e. The minimum Gasteiger partial charge on any atom is -0.481 e. The summed E-state index contributed by atoms with van der Waals surface area (Å²) in [6.45, 7) is 0.718. The van der Waals surface area contributed by atoms with Crippen LogP contribution in [0.3, 0.4) is 0 Å². The molecule has 0 radical (unpaired) electrons. The molecule has 0 bridgehead atoms. The van der Waals surface area contributed by atoms with E-state index in [-0.39, 0.29) is 6.42 Å². The normalized spacial score (nSPS) is 18.5. The highest BCUT2D eigenvalue weighted by molar-refractivity contribution is 5.76. The van der Waals surface area contributed by atoms with Crippen LogP contribution in [0.2, 0.25) is 0 Å². The van der Waals surface area contributed by atoms with E-state index in [1.54, 1.807) is 0 Å². The van der Waals surface area contributed by atoms with Crippen molar-refractivity contribution in [1.82, 2.24) is 4.90 Å². The van der Waals surface area contributed by atoms with Crippen molar-refractivity contribution in [2.45, 2.75) is 25.7 Å². The molecule has 1 rings (SSSR count). The number of carbonyl (C=O) groups excluding carboxylic acids is 2. The molecule has 1 aliphatic heterocycles. The van der Waals surface area contributed by atoms with E-state index in [4.69, 9.17) is 0 Å². The smallest absolute Gasteiger partial charge is 0.409 e. The molecule has 6 heteroatoms. The van der Waals surface area contributed by atoms with Gasteiger partial charge in [-0.3, -0.25) is 4.79 Å². The van der Waals surface area contributed by atoms with Crippen molar-refractivity contribution in [2.24, 2.45) is 5.41 Å². The lowest BCUT2D eigenvalue weighted by Gasteiger charge is -2.37. The van der Waals surface area contributed by atoms with Gasteiger partial charge in [0.15, 0.2) is 0 Å². The first-order valence-electron chi connectivity index (χ1n) is 5.55. The third kappa shape index (κ3) is 2.95. The van der Waals surface area contributed by atoms with Crippen molar-refractivity contribution >= 4 is 18.3 Å². The lowest BCUT2D eigenvalue weighted by Crippen LogP contribution is -2.46. The summed E-state index contributed by atoms with van der Waals surface area (Å²) in [5, 5.41) is 9.25. The molecule has 1 aliphatic rings. The first-order chi connectivity index (χ1) is 8.05. The number of ether oxygens (including phenoxy) is 1. The van der Waals surface area contributed by atoms with Gasteiger partial charge < -0.3 is 19.5 Å². The number of carboxylic acid groups (broad SMARTS) is 1. The Morgan fingerprint density at radius 3 is 2.41 bits per heavy atom. The van der Waals surface area contributed by atoms with Crippen LogP contribution in [0.1, 0.15) is 25.7 Å². The van der Waals surface area contributed by atoms with E-state index >= 15 is 0 Å². The van der Waals surface area contributed by atoms with Gasteiger partial charge in [-0.05, 0) is 19.3 Å². The molecule has 1 N–H and O–H groups in total. The number of methoxy groups -OCH3 is 1. The molecule has 1 heterocycles. The molecule has 0 aromatic heterocycles. The molecule has 1 amide bonds. The number of hydrogen-bond acceptors (Lipinski definition) is 4. The zero-order valence-corrected chi connectivity index (χ0v) is 9.85. The SMILES string of the molecule is COC(=O)N1CCC(CCC=O)(C(=O)O)CC1. The van der Waals surface area contributed by atoms with Crippen LogP contribution in [0.5, 0.6) is 0 Å². The fourth-order valence-corrected chi connectivity index (χ4v) is 2.15. The molecule has 6 nitrogen and oxygen atoms in total. The second-order valence-corrected chi connectivity index (χ2v) is 4.25. The molecule has 1 saturated heterocycles. The average Bonchev–Trinajstić information content (AvgIpc) is 2.35. The van der Waals surface area contributed by atoms with Crippen LogP contribution >= 0.6 is 0 Å². The Morgan fingerprint density at radius 1 is 1.41 bits per heavy atom. The number of carboxylic acids is 1. The highest BCUT2D eigenvalue weighted by Gasteiger charge is 2.42. The van der Waals surface area contributed by atoms with E-state index in [0.29, 0.717) is 32.4 Å². The van der Waals surface area contributed by atoms with Gasteiger partial charge >= 0.3 is 12.1 Å². The lowest BCUT2D eigenvalue weighted by atomic mass is 9.75. The third-order valence-electron chi connectivity index (χ3n) is 3.35. The number of nitrogens with zero attached hydrogens (tertiary/aromatic N) is 1. The van der Waals surface area contributed by atoms with Crippen molar-refractivity contribution in [3.8, 4) is 0 Å². The highest BCUT2D eigenvalue weighted by atomic mass is 16.5. The standard InChI is InChI=1S/C11H17NO5/c1-17-10(16)12-6-4-11(5-7-12,9(14)15)3-2-8-13/h8H,2-7H2,1H3,(H,14,15). The number of carbonyl (C=O) groups is 3. The summed E-state index contributed by atoms with van der Waals surface area (Å²) in [4.78, 5) is 34.4. The van der Waals surface area contributed by atoms with Gasteiger partial charge in [0.2, 0.25) is 0 Å². The van der Waals surface area contributed by atoms with Gasteiger partial charge in [-0.2, -0.15) is 0 Å². The third-order valence-corrected chi connectivity index (χ3v) is 3.35. The Balaban J connectivity index is 2.64. The molecule has 0 aromatic carbocycles. The van der Waals surface area contributed by atoms with Gasteiger partial charge in [0, 0.05) is 19.5 Å². The maximum atomic E-state index is 11.3. The van der Waals surface area contributed by atoms with Crippen LogP contribution < -0.4 is 0 Å². The van der Waals surface area contributed by atoms with Gasteiger partial charge in [0.05, 0.1) is 12.5 Å². The number of amides is 1. The summed E-state index contributed by atoms with van der Waals surface area (Å²) in [5.74, 6) is -0.885. The predicted octanol–water partition coefficient (Wildman–Crippen LogP) is 0.899. The van der Waals surface area contributed by atoms with E-state index < -0.39 is 17.5 Å². The molecule has 0 aliphatic carbocycles. The predicted molar refractivity (Wildman–Crippen MR) is 58.6 cm³/mol. The van der Waals surface area contributed by atoms with Gasteiger partial charge in [-0.1, -0.05) is 0 Å². The zero-order chi connectivity index (χ0) is 12.9. The highest BCUT2D eigenvalue weighted by Crippen LogP contribution is 2.36. The maximum absolute atomic E-state index is 11.3. The van der Waals surface area contributed by atoms with Crippen LogP contribution in [0, 0.1) is 5.41 Å². The summed E-state index contributed by atoms with van der Waals surface area (Å²) in [6.07, 6.45) is 1.61. The number of likely N-dealkylation sites (tertiary alicyclic amines) is 1. The molecule has 0 unspecified atom stereocenters. The van der Waals surface area contributed by atoms with Crippen molar-refractivity contribution in [2.75, 3.05) is 20.2 Å². The van der Waals surface area contributed by atoms with E-state index in [1.807, 2.05) is 0 Å². The van der Waals surface area contributed by atoms with E-state index in [0.717, 1.165) is 6.29 Å². The number of rotatable bonds is 4. The molecule has 96 valence electrons. The number of piperidine rings is 1. The summed E-state index contributed by atoms with van der Waals surface area (Å²) in [7, 11) is 1.30. The Morgan fingerprint density at radius 2 is 2.00 bits per heavy atom.